The van der Waals surface area contributed by atoms with Gasteiger partial charge in [-0.05, 0) is 67.6 Å². The van der Waals surface area contributed by atoms with Crippen LogP contribution in [0.5, 0.6) is 0 Å². The number of aromatic amines is 3. The molecule has 7 rings (SSSR count). The molecular weight excluding hydrogens is 809 g/mol. The molecule has 18 heteroatoms. The SMILES string of the molecule is CCCN(Cc1ncc(-c2ccc(-c3ccc(-c4cnc(CN(CCC)C(=O)C(NC(=O)OC)C5CCOCC5)[nH]4)c4nc[nH]c34)cc2)[nH]1)C(=O)C(NC(=O)OC)C1CCOCC1. The molecule has 0 saturated carbocycles. The van der Waals surface area contributed by atoms with Crippen molar-refractivity contribution in [3.05, 3.63) is 66.8 Å². The summed E-state index contributed by atoms with van der Waals surface area (Å²) < 4.78 is 20.8. The molecule has 18 nitrogen and oxygen atoms in total. The quantitative estimate of drug-likeness (QED) is 0.0753. The van der Waals surface area contributed by atoms with Gasteiger partial charge in [-0.3, -0.25) is 9.59 Å². The number of carbonyl (C=O) groups is 4. The molecule has 2 atom stereocenters. The number of fused-ring (bicyclic) bond motifs is 1. The van der Waals surface area contributed by atoms with Gasteiger partial charge in [-0.15, -0.1) is 0 Å². The van der Waals surface area contributed by atoms with Crippen LogP contribution in [0, 0.1) is 11.8 Å². The van der Waals surface area contributed by atoms with Gasteiger partial charge in [-0.1, -0.05) is 44.2 Å². The highest BCUT2D eigenvalue weighted by Crippen LogP contribution is 2.34. The van der Waals surface area contributed by atoms with Crippen LogP contribution < -0.4 is 10.6 Å². The first-order chi connectivity index (χ1) is 30.7. The van der Waals surface area contributed by atoms with Gasteiger partial charge in [0.1, 0.15) is 23.7 Å². The standard InChI is InChI=1S/C45H58N10O8/c1-5-17-54(42(56)38(52-44(58)60-3)30-13-19-62-20-14-30)25-36-46-23-34(50-36)29-9-7-28(8-10-29)32-11-12-33(41-40(32)48-27-49-41)35-24-47-37(51-35)26-55(18-6-2)43(57)39(53-45(59)61-4)31-15-21-63-22-16-31/h7-12,23-24,27,30-31,38-39H,5-6,13-22,25-26H2,1-4H3,(H,46,50)(H,47,51)(H,48,49)(H,52,58)(H,53,59). The van der Waals surface area contributed by atoms with E-state index in [1.807, 2.05) is 50.2 Å². The maximum absolute atomic E-state index is 14.0. The zero-order valence-corrected chi connectivity index (χ0v) is 36.4. The molecule has 2 fully saturated rings. The normalized spacial score (nSPS) is 15.7. The summed E-state index contributed by atoms with van der Waals surface area (Å²) in [7, 11) is 2.59. The molecule has 2 unspecified atom stereocenters. The van der Waals surface area contributed by atoms with Gasteiger partial charge in [0.05, 0.1) is 68.5 Å². The summed E-state index contributed by atoms with van der Waals surface area (Å²) in [5, 5.41) is 5.58. The van der Waals surface area contributed by atoms with Crippen LogP contribution in [0.3, 0.4) is 0 Å². The van der Waals surface area contributed by atoms with Crippen molar-refractivity contribution in [2.45, 2.75) is 77.5 Å². The number of rotatable bonds is 17. The Morgan fingerprint density at radius 3 is 1.67 bits per heavy atom. The highest BCUT2D eigenvalue weighted by atomic mass is 16.5. The van der Waals surface area contributed by atoms with Crippen molar-refractivity contribution in [1.29, 1.82) is 0 Å². The fourth-order valence-corrected chi connectivity index (χ4v) is 8.55. The Hall–Kier alpha value is -6.27. The van der Waals surface area contributed by atoms with E-state index in [9.17, 15) is 19.2 Å². The average molecular weight is 867 g/mol. The average Bonchev–Trinajstić information content (AvgIpc) is 4.12. The van der Waals surface area contributed by atoms with E-state index < -0.39 is 24.3 Å². The number of hydrogen-bond donors (Lipinski definition) is 5. The molecule has 3 aromatic heterocycles. The van der Waals surface area contributed by atoms with Gasteiger partial charge >= 0.3 is 12.2 Å². The molecule has 336 valence electrons. The number of imidazole rings is 3. The van der Waals surface area contributed by atoms with E-state index in [-0.39, 0.29) is 36.7 Å². The van der Waals surface area contributed by atoms with Crippen LogP contribution in [0.4, 0.5) is 9.59 Å². The smallest absolute Gasteiger partial charge is 0.407 e. The molecule has 5 N–H and O–H groups in total. The molecule has 0 bridgehead atoms. The summed E-state index contributed by atoms with van der Waals surface area (Å²) in [4.78, 5) is 80.1. The molecular formula is C45H58N10O8. The third-order valence-electron chi connectivity index (χ3n) is 11.9. The van der Waals surface area contributed by atoms with Crippen molar-refractivity contribution in [3.8, 4) is 33.6 Å². The molecule has 2 saturated heterocycles. The summed E-state index contributed by atoms with van der Waals surface area (Å²) in [6.45, 7) is 7.66. The van der Waals surface area contributed by atoms with Crippen molar-refractivity contribution in [3.63, 3.8) is 0 Å². The van der Waals surface area contributed by atoms with Gasteiger partial charge in [-0.25, -0.2) is 24.5 Å². The van der Waals surface area contributed by atoms with Gasteiger partial charge in [-0.2, -0.15) is 0 Å². The Labute approximate surface area is 366 Å². The summed E-state index contributed by atoms with van der Waals surface area (Å²) in [5.74, 6) is 0.775. The van der Waals surface area contributed by atoms with Crippen LogP contribution in [0.15, 0.2) is 55.1 Å². The van der Waals surface area contributed by atoms with Crippen LogP contribution in [-0.4, -0.2) is 130 Å². The number of alkyl carbamates (subject to hydrolysis) is 2. The van der Waals surface area contributed by atoms with Crippen molar-refractivity contribution < 1.29 is 38.1 Å². The molecule has 4 amide bonds. The van der Waals surface area contributed by atoms with Crippen LogP contribution in [0.1, 0.15) is 64.0 Å². The number of methoxy groups -OCH3 is 2. The second-order valence-corrected chi connectivity index (χ2v) is 16.0. The van der Waals surface area contributed by atoms with E-state index >= 15 is 0 Å². The maximum Gasteiger partial charge on any atom is 0.407 e. The second kappa shape index (κ2) is 21.2. The monoisotopic (exact) mass is 866 g/mol. The molecule has 63 heavy (non-hydrogen) atoms. The number of nitrogens with zero attached hydrogens (tertiary/aromatic N) is 5. The first-order valence-electron chi connectivity index (χ1n) is 21.8. The number of nitrogens with one attached hydrogen (secondary N) is 5. The Bertz CT molecular complexity index is 2310. The second-order valence-electron chi connectivity index (χ2n) is 16.0. The highest BCUT2D eigenvalue weighted by molar-refractivity contribution is 6.00. The Kier molecular flexibility index (Phi) is 15.1. The van der Waals surface area contributed by atoms with Crippen molar-refractivity contribution >= 4 is 35.0 Å². The van der Waals surface area contributed by atoms with E-state index in [0.29, 0.717) is 76.8 Å². The minimum absolute atomic E-state index is 0.0564. The molecule has 0 spiro atoms. The van der Waals surface area contributed by atoms with Crippen molar-refractivity contribution in [1.82, 2.24) is 50.3 Å². The first-order valence-corrected chi connectivity index (χ1v) is 21.8. The number of carbonyl (C=O) groups excluding carboxylic acids is 4. The van der Waals surface area contributed by atoms with E-state index in [2.05, 4.69) is 40.5 Å². The maximum atomic E-state index is 14.0. The third kappa shape index (κ3) is 10.7. The van der Waals surface area contributed by atoms with E-state index in [4.69, 9.17) is 18.9 Å². The molecule has 2 aromatic carbocycles. The largest absolute Gasteiger partial charge is 0.453 e. The topological polar surface area (TPSA) is 222 Å². The summed E-state index contributed by atoms with van der Waals surface area (Å²) >= 11 is 0. The third-order valence-corrected chi connectivity index (χ3v) is 11.9. The lowest BCUT2D eigenvalue weighted by Crippen LogP contribution is -2.53. The fourth-order valence-electron chi connectivity index (χ4n) is 8.55. The minimum Gasteiger partial charge on any atom is -0.453 e. The predicted octanol–water partition coefficient (Wildman–Crippen LogP) is 5.79. The van der Waals surface area contributed by atoms with E-state index in [1.54, 1.807) is 28.5 Å². The van der Waals surface area contributed by atoms with Crippen molar-refractivity contribution in [2.75, 3.05) is 53.7 Å². The zero-order valence-electron chi connectivity index (χ0n) is 36.4. The van der Waals surface area contributed by atoms with Crippen LogP contribution in [0.2, 0.25) is 0 Å². The van der Waals surface area contributed by atoms with Gasteiger partial charge in [0, 0.05) is 50.6 Å². The predicted molar refractivity (Wildman–Crippen MR) is 234 cm³/mol. The number of benzene rings is 2. The number of ether oxygens (including phenoxy) is 4. The van der Waals surface area contributed by atoms with Crippen molar-refractivity contribution in [2.24, 2.45) is 11.8 Å². The number of hydrogen-bond acceptors (Lipinski definition) is 11. The van der Waals surface area contributed by atoms with Crippen LogP contribution in [0.25, 0.3) is 44.7 Å². The number of amides is 4. The lowest BCUT2D eigenvalue weighted by molar-refractivity contribution is -0.137. The molecule has 5 aromatic rings. The van der Waals surface area contributed by atoms with Gasteiger partial charge in [0.2, 0.25) is 11.8 Å². The van der Waals surface area contributed by atoms with Crippen LogP contribution in [-0.2, 0) is 41.6 Å². The Morgan fingerprint density at radius 2 is 1.16 bits per heavy atom. The van der Waals surface area contributed by atoms with E-state index in [0.717, 1.165) is 57.5 Å². The lowest BCUT2D eigenvalue weighted by Gasteiger charge is -2.33. The lowest BCUT2D eigenvalue weighted by atomic mass is 9.90. The highest BCUT2D eigenvalue weighted by Gasteiger charge is 2.36. The molecule has 0 aliphatic carbocycles. The summed E-state index contributed by atoms with van der Waals surface area (Å²) in [5.41, 5.74) is 6.92. The summed E-state index contributed by atoms with van der Waals surface area (Å²) in [6.07, 6.45) is 8.06. The Balaban J connectivity index is 1.04. The van der Waals surface area contributed by atoms with Crippen LogP contribution >= 0.6 is 0 Å². The fraction of sp³-hybridized carbons (Fsp3) is 0.489. The first kappa shape index (κ1) is 44.8. The van der Waals surface area contributed by atoms with Gasteiger partial charge < -0.3 is 54.3 Å². The molecule has 2 aliphatic rings. The minimum atomic E-state index is -0.733. The van der Waals surface area contributed by atoms with E-state index in [1.165, 1.54) is 14.2 Å². The van der Waals surface area contributed by atoms with Gasteiger partial charge in [0.25, 0.3) is 0 Å². The van der Waals surface area contributed by atoms with Gasteiger partial charge in [0.15, 0.2) is 0 Å². The molecule has 5 heterocycles. The number of H-pyrrole nitrogens is 3. The summed E-state index contributed by atoms with van der Waals surface area (Å²) in [6, 6.07) is 10.7. The number of aromatic nitrogens is 6. The Morgan fingerprint density at radius 1 is 0.683 bits per heavy atom. The molecule has 0 radical (unpaired) electrons. The molecule has 2 aliphatic heterocycles. The zero-order chi connectivity index (χ0) is 44.3.